The van der Waals surface area contributed by atoms with Crippen molar-refractivity contribution < 1.29 is 13.9 Å². The number of fused-ring (bicyclic) bond motifs is 3. The Hall–Kier alpha value is -1.62. The van der Waals surface area contributed by atoms with Crippen LogP contribution in [0, 0.1) is 17.7 Å². The van der Waals surface area contributed by atoms with Gasteiger partial charge in [-0.05, 0) is 49.7 Å². The molecular weight excluding hydrogens is 355 g/mol. The first kappa shape index (κ1) is 19.7. The zero-order valence-corrected chi connectivity index (χ0v) is 17.2. The van der Waals surface area contributed by atoms with Crippen LogP contribution in [0.25, 0.3) is 0 Å². The third-order valence-electron chi connectivity index (χ3n) is 6.83. The molecule has 0 radical (unpaired) electrons. The highest BCUT2D eigenvalue weighted by molar-refractivity contribution is 5.97. The summed E-state index contributed by atoms with van der Waals surface area (Å²) in [5.74, 6) is 1.44. The van der Waals surface area contributed by atoms with Crippen LogP contribution in [0.15, 0.2) is 18.2 Å². The van der Waals surface area contributed by atoms with Gasteiger partial charge in [0.2, 0.25) is 0 Å². The molecule has 3 atom stereocenters. The van der Waals surface area contributed by atoms with Gasteiger partial charge < -0.3 is 9.64 Å². The zero-order valence-electron chi connectivity index (χ0n) is 17.2. The van der Waals surface area contributed by atoms with Crippen molar-refractivity contribution in [2.75, 3.05) is 24.6 Å². The lowest BCUT2D eigenvalue weighted by atomic mass is 9.86. The average Bonchev–Trinajstić information content (AvgIpc) is 2.90. The highest BCUT2D eigenvalue weighted by Gasteiger charge is 2.41. The molecule has 1 aromatic carbocycles. The van der Waals surface area contributed by atoms with Crippen LogP contribution in [-0.2, 0) is 4.79 Å². The van der Waals surface area contributed by atoms with Gasteiger partial charge in [-0.15, -0.1) is 0 Å². The van der Waals surface area contributed by atoms with E-state index in [1.165, 1.54) is 57.1 Å². The summed E-state index contributed by atoms with van der Waals surface area (Å²) in [4.78, 5) is 16.9. The quantitative estimate of drug-likeness (QED) is 0.683. The van der Waals surface area contributed by atoms with Crippen molar-refractivity contribution in [3.63, 3.8) is 0 Å². The minimum atomic E-state index is -0.332. The van der Waals surface area contributed by atoms with Crippen LogP contribution in [0.3, 0.4) is 0 Å². The number of benzene rings is 1. The fourth-order valence-electron chi connectivity index (χ4n) is 5.52. The van der Waals surface area contributed by atoms with Crippen molar-refractivity contribution in [2.45, 2.75) is 70.9 Å². The summed E-state index contributed by atoms with van der Waals surface area (Å²) in [5.41, 5.74) is 0.573. The first-order valence-corrected chi connectivity index (χ1v) is 11.0. The number of rotatable bonds is 7. The number of ether oxygens (including phenoxy) is 1. The summed E-state index contributed by atoms with van der Waals surface area (Å²) in [6.45, 7) is 6.17. The summed E-state index contributed by atoms with van der Waals surface area (Å²) >= 11 is 0. The Kier molecular flexibility index (Phi) is 5.91. The topological polar surface area (TPSA) is 32.8 Å². The Bertz CT molecular complexity index is 696. The van der Waals surface area contributed by atoms with Crippen molar-refractivity contribution in [3.8, 4) is 5.75 Å². The van der Waals surface area contributed by atoms with Gasteiger partial charge in [0.05, 0.1) is 5.69 Å². The normalized spacial score (nSPS) is 28.2. The lowest BCUT2D eigenvalue weighted by Gasteiger charge is -2.41. The molecule has 1 aromatic rings. The van der Waals surface area contributed by atoms with E-state index < -0.39 is 0 Å². The molecule has 3 heterocycles. The Labute approximate surface area is 168 Å². The van der Waals surface area contributed by atoms with E-state index in [0.29, 0.717) is 36.0 Å². The van der Waals surface area contributed by atoms with Gasteiger partial charge in [0.1, 0.15) is 11.6 Å². The van der Waals surface area contributed by atoms with E-state index in [-0.39, 0.29) is 18.3 Å². The molecule has 4 nitrogen and oxygen atoms in total. The lowest BCUT2D eigenvalue weighted by Crippen LogP contribution is -2.48. The number of carbonyl (C=O) groups excluding carboxylic acids is 1. The molecule has 4 rings (SSSR count). The molecule has 2 fully saturated rings. The second-order valence-electron chi connectivity index (χ2n) is 9.07. The highest BCUT2D eigenvalue weighted by atomic mass is 19.1. The molecule has 154 valence electrons. The fraction of sp³-hybridized carbons (Fsp3) is 0.696. The number of carbonyl (C=O) groups is 1. The van der Waals surface area contributed by atoms with Crippen molar-refractivity contribution in [1.29, 1.82) is 0 Å². The maximum atomic E-state index is 13.7. The molecule has 28 heavy (non-hydrogen) atoms. The van der Waals surface area contributed by atoms with Crippen LogP contribution in [0.1, 0.15) is 58.8 Å². The molecular formula is C23H33FN2O2. The van der Waals surface area contributed by atoms with Gasteiger partial charge in [0, 0.05) is 31.2 Å². The molecule has 0 saturated carbocycles. The number of halogens is 1. The van der Waals surface area contributed by atoms with Gasteiger partial charge in [-0.25, -0.2) is 4.39 Å². The maximum Gasteiger partial charge on any atom is 0.265 e. The van der Waals surface area contributed by atoms with Gasteiger partial charge in [-0.2, -0.15) is 0 Å². The average molecular weight is 389 g/mol. The van der Waals surface area contributed by atoms with E-state index in [9.17, 15) is 9.18 Å². The molecule has 3 unspecified atom stereocenters. The van der Waals surface area contributed by atoms with Gasteiger partial charge in [0.25, 0.3) is 5.91 Å². The van der Waals surface area contributed by atoms with Gasteiger partial charge in [-0.3, -0.25) is 9.69 Å². The Morgan fingerprint density at radius 3 is 2.68 bits per heavy atom. The van der Waals surface area contributed by atoms with Crippen LogP contribution >= 0.6 is 0 Å². The molecule has 0 aliphatic carbocycles. The third-order valence-corrected chi connectivity index (χ3v) is 6.83. The number of anilines is 1. The largest absolute Gasteiger partial charge is 0.482 e. The van der Waals surface area contributed by atoms with E-state index >= 15 is 0 Å². The van der Waals surface area contributed by atoms with Gasteiger partial charge in [-0.1, -0.05) is 33.1 Å². The number of hydrogen-bond donors (Lipinski definition) is 0. The minimum Gasteiger partial charge on any atom is -0.482 e. The second kappa shape index (κ2) is 8.40. The van der Waals surface area contributed by atoms with Crippen LogP contribution in [0.2, 0.25) is 0 Å². The van der Waals surface area contributed by atoms with Gasteiger partial charge >= 0.3 is 0 Å². The monoisotopic (exact) mass is 388 g/mol. The number of amides is 1. The summed E-state index contributed by atoms with van der Waals surface area (Å²) in [7, 11) is 0. The van der Waals surface area contributed by atoms with Crippen molar-refractivity contribution >= 4 is 11.6 Å². The van der Waals surface area contributed by atoms with E-state index in [1.54, 1.807) is 11.0 Å². The van der Waals surface area contributed by atoms with E-state index in [0.717, 1.165) is 12.5 Å². The predicted molar refractivity (Wildman–Crippen MR) is 109 cm³/mol. The standard InChI is InChI=1S/C23H33FN2O2/c1-3-4-5-17-10-19-7-8-20(11-17)25(19)13-16(2)14-26-21-12-18(24)6-9-22(21)28-15-23(26)27/h6,9,12,16-17,19-20H,3-5,7-8,10-11,13-15H2,1-2H3. The number of hydrogen-bond acceptors (Lipinski definition) is 3. The first-order valence-electron chi connectivity index (χ1n) is 11.0. The van der Waals surface area contributed by atoms with Gasteiger partial charge in [0.15, 0.2) is 6.61 Å². The minimum absolute atomic E-state index is 0.0411. The summed E-state index contributed by atoms with van der Waals surface area (Å²) < 4.78 is 19.2. The summed E-state index contributed by atoms with van der Waals surface area (Å²) in [6.07, 6.45) is 9.37. The predicted octanol–water partition coefficient (Wildman–Crippen LogP) is 4.62. The molecule has 3 aliphatic heterocycles. The smallest absolute Gasteiger partial charge is 0.265 e. The second-order valence-corrected chi connectivity index (χ2v) is 9.07. The Morgan fingerprint density at radius 1 is 1.21 bits per heavy atom. The van der Waals surface area contributed by atoms with E-state index in [2.05, 4.69) is 18.7 Å². The molecule has 5 heteroatoms. The molecule has 0 N–H and O–H groups in total. The first-order chi connectivity index (χ1) is 13.5. The molecule has 0 spiro atoms. The van der Waals surface area contributed by atoms with Crippen molar-refractivity contribution in [3.05, 3.63) is 24.0 Å². The Morgan fingerprint density at radius 2 is 1.96 bits per heavy atom. The number of piperidine rings is 1. The van der Waals surface area contributed by atoms with Crippen LogP contribution in [0.5, 0.6) is 5.75 Å². The molecule has 2 bridgehead atoms. The molecule has 2 saturated heterocycles. The van der Waals surface area contributed by atoms with Crippen LogP contribution in [-0.4, -0.2) is 42.6 Å². The van der Waals surface area contributed by atoms with Crippen molar-refractivity contribution in [1.82, 2.24) is 4.90 Å². The number of nitrogens with zero attached hydrogens (tertiary/aromatic N) is 2. The van der Waals surface area contributed by atoms with Crippen LogP contribution in [0.4, 0.5) is 10.1 Å². The van der Waals surface area contributed by atoms with Crippen molar-refractivity contribution in [2.24, 2.45) is 11.8 Å². The molecule has 1 amide bonds. The van der Waals surface area contributed by atoms with E-state index in [4.69, 9.17) is 4.74 Å². The third kappa shape index (κ3) is 4.05. The fourth-order valence-corrected chi connectivity index (χ4v) is 5.52. The summed E-state index contributed by atoms with van der Waals surface area (Å²) in [6, 6.07) is 5.86. The highest BCUT2D eigenvalue weighted by Crippen LogP contribution is 2.41. The Balaban J connectivity index is 1.38. The molecule has 3 aliphatic rings. The van der Waals surface area contributed by atoms with Crippen LogP contribution < -0.4 is 9.64 Å². The summed E-state index contributed by atoms with van der Waals surface area (Å²) in [5, 5.41) is 0. The van der Waals surface area contributed by atoms with E-state index in [1.807, 2.05) is 0 Å². The lowest BCUT2D eigenvalue weighted by molar-refractivity contribution is -0.121. The zero-order chi connectivity index (χ0) is 19.7. The molecule has 0 aromatic heterocycles. The maximum absolute atomic E-state index is 13.7. The number of unbranched alkanes of at least 4 members (excludes halogenated alkanes) is 1. The SMILES string of the molecule is CCCCC1CC2CCC(C1)N2CC(C)CN1C(=O)COc2ccc(F)cc21.